The minimum atomic E-state index is -0.132. The molecule has 0 bridgehead atoms. The largest absolute Gasteiger partial charge is 0.506 e. The Hall–Kier alpha value is -2.44. The monoisotopic (exact) mass is 273 g/mol. The smallest absolute Gasteiger partial charge is 0.248 e. The van der Waals surface area contributed by atoms with Gasteiger partial charge in [0.2, 0.25) is 5.91 Å². The van der Waals surface area contributed by atoms with Crippen molar-refractivity contribution in [1.82, 2.24) is 20.2 Å². The fourth-order valence-electron chi connectivity index (χ4n) is 2.56. The van der Waals surface area contributed by atoms with Crippen LogP contribution in [0.2, 0.25) is 0 Å². The lowest BCUT2D eigenvalue weighted by Crippen LogP contribution is -2.38. The van der Waals surface area contributed by atoms with E-state index in [9.17, 15) is 9.90 Å². The third-order valence-corrected chi connectivity index (χ3v) is 3.62. The highest BCUT2D eigenvalue weighted by Gasteiger charge is 2.29. The van der Waals surface area contributed by atoms with Gasteiger partial charge in [-0.3, -0.25) is 4.79 Å². The highest BCUT2D eigenvalue weighted by Crippen LogP contribution is 2.40. The van der Waals surface area contributed by atoms with E-state index in [4.69, 9.17) is 0 Å². The molecular formula is C13H15N5O2. The summed E-state index contributed by atoms with van der Waals surface area (Å²) >= 11 is 0. The van der Waals surface area contributed by atoms with E-state index in [2.05, 4.69) is 22.4 Å². The summed E-state index contributed by atoms with van der Waals surface area (Å²) in [7, 11) is 0. The number of amides is 1. The third-order valence-electron chi connectivity index (χ3n) is 3.62. The van der Waals surface area contributed by atoms with Crippen LogP contribution in [0.1, 0.15) is 24.8 Å². The number of anilines is 1. The van der Waals surface area contributed by atoms with Crippen molar-refractivity contribution in [2.24, 2.45) is 0 Å². The molecule has 7 nitrogen and oxygen atoms in total. The van der Waals surface area contributed by atoms with E-state index in [0.29, 0.717) is 18.2 Å². The zero-order valence-electron chi connectivity index (χ0n) is 11.1. The first-order chi connectivity index (χ1) is 9.66. The number of aromatic hydroxyl groups is 1. The van der Waals surface area contributed by atoms with Crippen LogP contribution in [-0.4, -0.2) is 37.8 Å². The van der Waals surface area contributed by atoms with Crippen molar-refractivity contribution < 1.29 is 9.90 Å². The van der Waals surface area contributed by atoms with E-state index < -0.39 is 0 Å². The average molecular weight is 273 g/mol. The van der Waals surface area contributed by atoms with E-state index in [0.717, 1.165) is 12.0 Å². The van der Waals surface area contributed by atoms with Gasteiger partial charge in [-0.15, -0.1) is 5.10 Å². The van der Waals surface area contributed by atoms with Gasteiger partial charge in [0.1, 0.15) is 18.6 Å². The van der Waals surface area contributed by atoms with E-state index in [1.54, 1.807) is 17.0 Å². The number of phenolic OH excluding ortho intramolecular Hbond substituents is 1. The molecule has 1 aromatic heterocycles. The Balaban J connectivity index is 1.92. The maximum absolute atomic E-state index is 12.4. The number of benzene rings is 1. The van der Waals surface area contributed by atoms with Gasteiger partial charge in [0.15, 0.2) is 0 Å². The molecule has 1 aliphatic heterocycles. The van der Waals surface area contributed by atoms with E-state index in [-0.39, 0.29) is 18.2 Å². The molecule has 0 radical (unpaired) electrons. The molecule has 1 aliphatic rings. The molecule has 3 rings (SSSR count). The first kappa shape index (κ1) is 12.6. The number of rotatable bonds is 2. The predicted octanol–water partition coefficient (Wildman–Crippen LogP) is 0.919. The molecule has 0 spiro atoms. The van der Waals surface area contributed by atoms with Crippen LogP contribution in [0, 0.1) is 0 Å². The molecule has 1 amide bonds. The summed E-state index contributed by atoms with van der Waals surface area (Å²) in [4.78, 5) is 14.0. The van der Waals surface area contributed by atoms with Crippen LogP contribution in [0.4, 0.5) is 5.69 Å². The molecule has 0 saturated carbocycles. The maximum atomic E-state index is 12.4. The second-order valence-electron chi connectivity index (χ2n) is 4.96. The number of aromatic nitrogens is 4. The summed E-state index contributed by atoms with van der Waals surface area (Å²) in [5.74, 6) is 0.334. The zero-order chi connectivity index (χ0) is 14.1. The van der Waals surface area contributed by atoms with Gasteiger partial charge in [-0.25, -0.2) is 4.68 Å². The molecule has 1 atom stereocenters. The van der Waals surface area contributed by atoms with Crippen molar-refractivity contribution in [1.29, 1.82) is 0 Å². The molecule has 2 aromatic rings. The van der Waals surface area contributed by atoms with Crippen LogP contribution in [0.15, 0.2) is 24.5 Å². The second-order valence-corrected chi connectivity index (χ2v) is 4.96. The molecule has 7 heteroatoms. The SMILES string of the molecule is CC1CCN(C(=O)Cn2cnnn2)c2c(O)cccc21. The van der Waals surface area contributed by atoms with Gasteiger partial charge in [-0.1, -0.05) is 19.1 Å². The van der Waals surface area contributed by atoms with Crippen molar-refractivity contribution >= 4 is 11.6 Å². The number of phenols is 1. The van der Waals surface area contributed by atoms with Crippen molar-refractivity contribution in [3.8, 4) is 5.75 Å². The molecule has 2 heterocycles. The Morgan fingerprint density at radius 2 is 2.35 bits per heavy atom. The summed E-state index contributed by atoms with van der Waals surface area (Å²) in [5.41, 5.74) is 1.62. The second kappa shape index (κ2) is 4.92. The quantitative estimate of drug-likeness (QED) is 0.879. The zero-order valence-corrected chi connectivity index (χ0v) is 11.1. The third kappa shape index (κ3) is 2.11. The van der Waals surface area contributed by atoms with E-state index >= 15 is 0 Å². The Labute approximate surface area is 115 Å². The summed E-state index contributed by atoms with van der Waals surface area (Å²) in [5, 5.41) is 20.8. The molecule has 0 aliphatic carbocycles. The normalized spacial score (nSPS) is 17.9. The Morgan fingerprint density at radius 3 is 3.10 bits per heavy atom. The fraction of sp³-hybridized carbons (Fsp3) is 0.385. The fourth-order valence-corrected chi connectivity index (χ4v) is 2.56. The molecular weight excluding hydrogens is 258 g/mol. The number of hydrogen-bond acceptors (Lipinski definition) is 5. The lowest BCUT2D eigenvalue weighted by molar-refractivity contribution is -0.119. The van der Waals surface area contributed by atoms with Gasteiger partial charge in [0.25, 0.3) is 0 Å². The van der Waals surface area contributed by atoms with Gasteiger partial charge in [0, 0.05) is 6.54 Å². The van der Waals surface area contributed by atoms with Gasteiger partial charge >= 0.3 is 0 Å². The first-order valence-electron chi connectivity index (χ1n) is 6.50. The number of fused-ring (bicyclic) bond motifs is 1. The summed E-state index contributed by atoms with van der Waals surface area (Å²) < 4.78 is 1.38. The van der Waals surface area contributed by atoms with Gasteiger partial charge < -0.3 is 10.0 Å². The highest BCUT2D eigenvalue weighted by molar-refractivity contribution is 5.96. The van der Waals surface area contributed by atoms with E-state index in [1.807, 2.05) is 6.07 Å². The number of hydrogen-bond donors (Lipinski definition) is 1. The molecule has 20 heavy (non-hydrogen) atoms. The van der Waals surface area contributed by atoms with Crippen LogP contribution in [0.25, 0.3) is 0 Å². The van der Waals surface area contributed by atoms with Crippen LogP contribution in [-0.2, 0) is 11.3 Å². The Kier molecular flexibility index (Phi) is 3.09. The number of tetrazole rings is 1. The van der Waals surface area contributed by atoms with Crippen molar-refractivity contribution in [2.45, 2.75) is 25.8 Å². The Morgan fingerprint density at radius 1 is 1.50 bits per heavy atom. The van der Waals surface area contributed by atoms with Crippen LogP contribution < -0.4 is 4.90 Å². The van der Waals surface area contributed by atoms with Gasteiger partial charge in [-0.05, 0) is 34.4 Å². The topological polar surface area (TPSA) is 84.1 Å². The van der Waals surface area contributed by atoms with Crippen molar-refractivity contribution in [2.75, 3.05) is 11.4 Å². The maximum Gasteiger partial charge on any atom is 0.248 e. The van der Waals surface area contributed by atoms with Crippen LogP contribution >= 0.6 is 0 Å². The summed E-state index contributed by atoms with van der Waals surface area (Å²) in [6.07, 6.45) is 2.27. The summed E-state index contributed by atoms with van der Waals surface area (Å²) in [6, 6.07) is 5.37. The Bertz CT molecular complexity index is 626. The summed E-state index contributed by atoms with van der Waals surface area (Å²) in [6.45, 7) is 2.75. The number of nitrogens with zero attached hydrogens (tertiary/aromatic N) is 5. The van der Waals surface area contributed by atoms with Gasteiger partial charge in [0.05, 0.1) is 5.69 Å². The van der Waals surface area contributed by atoms with E-state index in [1.165, 1.54) is 11.0 Å². The first-order valence-corrected chi connectivity index (χ1v) is 6.50. The lowest BCUT2D eigenvalue weighted by atomic mass is 9.91. The molecule has 0 saturated heterocycles. The van der Waals surface area contributed by atoms with Crippen molar-refractivity contribution in [3.63, 3.8) is 0 Å². The molecule has 0 fully saturated rings. The minimum absolute atomic E-state index is 0.0646. The van der Waals surface area contributed by atoms with Crippen LogP contribution in [0.3, 0.4) is 0 Å². The number of para-hydroxylation sites is 1. The lowest BCUT2D eigenvalue weighted by Gasteiger charge is -2.33. The number of carbonyl (C=O) groups is 1. The standard InChI is InChI=1S/C13H15N5O2/c1-9-5-6-18(12(20)7-17-8-14-15-16-17)13-10(9)3-2-4-11(13)19/h2-4,8-9,19H,5-7H2,1H3. The molecule has 104 valence electrons. The average Bonchev–Trinajstić information content (AvgIpc) is 2.93. The van der Waals surface area contributed by atoms with Gasteiger partial charge in [-0.2, -0.15) is 0 Å². The number of carbonyl (C=O) groups excluding carboxylic acids is 1. The highest BCUT2D eigenvalue weighted by atomic mass is 16.3. The predicted molar refractivity (Wildman–Crippen MR) is 71.3 cm³/mol. The van der Waals surface area contributed by atoms with Crippen LogP contribution in [0.5, 0.6) is 5.75 Å². The molecule has 1 unspecified atom stereocenters. The molecule has 1 aromatic carbocycles. The molecule has 1 N–H and O–H groups in total. The van der Waals surface area contributed by atoms with Crippen molar-refractivity contribution in [3.05, 3.63) is 30.1 Å². The minimum Gasteiger partial charge on any atom is -0.506 e.